The number of nitrogens with zero attached hydrogens (tertiary/aromatic N) is 1. The van der Waals surface area contributed by atoms with Gasteiger partial charge in [-0.15, -0.1) is 0 Å². The Morgan fingerprint density at radius 3 is 2.56 bits per heavy atom. The Balaban J connectivity index is 3.04. The van der Waals surface area contributed by atoms with Crippen molar-refractivity contribution < 1.29 is 14.5 Å². The standard InChI is InChI=1S/C11H13N3O4/c1-3-7-4-5-8(6-9(7)14(17)18)10(15)13-11(16)12-2/h4-6H,3H2,1-2H3,(H2,12,13,15,16). The number of carbonyl (C=O) groups is 2. The summed E-state index contributed by atoms with van der Waals surface area (Å²) < 4.78 is 0. The van der Waals surface area contributed by atoms with E-state index in [-0.39, 0.29) is 11.3 Å². The topological polar surface area (TPSA) is 101 Å². The van der Waals surface area contributed by atoms with Crippen LogP contribution in [0.2, 0.25) is 0 Å². The first-order valence-electron chi connectivity index (χ1n) is 5.30. The number of aryl methyl sites for hydroxylation is 1. The maximum Gasteiger partial charge on any atom is 0.321 e. The number of rotatable bonds is 3. The lowest BCUT2D eigenvalue weighted by molar-refractivity contribution is -0.385. The van der Waals surface area contributed by atoms with Crippen molar-refractivity contribution in [1.29, 1.82) is 0 Å². The Kier molecular flexibility index (Phi) is 4.36. The molecule has 0 radical (unpaired) electrons. The van der Waals surface area contributed by atoms with Crippen LogP contribution in [0.4, 0.5) is 10.5 Å². The van der Waals surface area contributed by atoms with Crippen molar-refractivity contribution in [3.05, 3.63) is 39.4 Å². The first kappa shape index (κ1) is 13.6. The summed E-state index contributed by atoms with van der Waals surface area (Å²) in [5.41, 5.74) is 0.487. The molecule has 0 fully saturated rings. The molecule has 1 aromatic carbocycles. The van der Waals surface area contributed by atoms with Gasteiger partial charge in [0.05, 0.1) is 4.92 Å². The quantitative estimate of drug-likeness (QED) is 0.623. The van der Waals surface area contributed by atoms with E-state index in [4.69, 9.17) is 0 Å². The molecule has 7 heteroatoms. The van der Waals surface area contributed by atoms with Gasteiger partial charge in [-0.1, -0.05) is 13.0 Å². The highest BCUT2D eigenvalue weighted by Gasteiger charge is 2.17. The van der Waals surface area contributed by atoms with Gasteiger partial charge in [0.15, 0.2) is 0 Å². The Morgan fingerprint density at radius 1 is 1.39 bits per heavy atom. The number of urea groups is 1. The van der Waals surface area contributed by atoms with E-state index in [1.807, 2.05) is 5.32 Å². The summed E-state index contributed by atoms with van der Waals surface area (Å²) in [5, 5.41) is 15.1. The number of nitro groups is 1. The largest absolute Gasteiger partial charge is 0.341 e. The number of nitrogens with one attached hydrogen (secondary N) is 2. The van der Waals surface area contributed by atoms with E-state index in [0.29, 0.717) is 12.0 Å². The lowest BCUT2D eigenvalue weighted by Gasteiger charge is -2.05. The van der Waals surface area contributed by atoms with Crippen LogP contribution in [0.3, 0.4) is 0 Å². The lowest BCUT2D eigenvalue weighted by Crippen LogP contribution is -2.37. The second-order valence-corrected chi connectivity index (χ2v) is 3.49. The molecule has 0 unspecified atom stereocenters. The van der Waals surface area contributed by atoms with Crippen LogP contribution in [0, 0.1) is 10.1 Å². The van der Waals surface area contributed by atoms with Crippen molar-refractivity contribution in [2.45, 2.75) is 13.3 Å². The molecule has 0 spiro atoms. The van der Waals surface area contributed by atoms with Crippen molar-refractivity contribution in [3.63, 3.8) is 0 Å². The van der Waals surface area contributed by atoms with E-state index in [2.05, 4.69) is 5.32 Å². The molecule has 2 N–H and O–H groups in total. The second kappa shape index (κ2) is 5.76. The molecule has 0 aliphatic rings. The average molecular weight is 251 g/mol. The van der Waals surface area contributed by atoms with Crippen LogP contribution in [0.1, 0.15) is 22.8 Å². The van der Waals surface area contributed by atoms with Gasteiger partial charge in [0, 0.05) is 24.2 Å². The zero-order chi connectivity index (χ0) is 13.7. The number of amides is 3. The molecular weight excluding hydrogens is 238 g/mol. The molecule has 18 heavy (non-hydrogen) atoms. The number of nitro benzene ring substituents is 1. The minimum atomic E-state index is -0.680. The summed E-state index contributed by atoms with van der Waals surface area (Å²) in [6.45, 7) is 1.78. The summed E-state index contributed by atoms with van der Waals surface area (Å²) in [4.78, 5) is 32.8. The zero-order valence-electron chi connectivity index (χ0n) is 10.0. The van der Waals surface area contributed by atoms with Crippen LogP contribution in [0.15, 0.2) is 18.2 Å². The second-order valence-electron chi connectivity index (χ2n) is 3.49. The van der Waals surface area contributed by atoms with Crippen LogP contribution in [-0.4, -0.2) is 23.9 Å². The van der Waals surface area contributed by atoms with Crippen LogP contribution in [0.25, 0.3) is 0 Å². The molecule has 0 saturated heterocycles. The predicted octanol–water partition coefficient (Wildman–Crippen LogP) is 1.23. The van der Waals surface area contributed by atoms with E-state index < -0.39 is 16.9 Å². The summed E-state index contributed by atoms with van der Waals surface area (Å²) in [6, 6.07) is 3.46. The molecule has 0 aliphatic heterocycles. The van der Waals surface area contributed by atoms with Gasteiger partial charge in [0.2, 0.25) is 0 Å². The molecular formula is C11H13N3O4. The monoisotopic (exact) mass is 251 g/mol. The van der Waals surface area contributed by atoms with Gasteiger partial charge in [0.1, 0.15) is 0 Å². The molecule has 7 nitrogen and oxygen atoms in total. The number of hydrogen-bond donors (Lipinski definition) is 2. The normalized spacial score (nSPS) is 9.67. The van der Waals surface area contributed by atoms with Gasteiger partial charge in [0.25, 0.3) is 11.6 Å². The van der Waals surface area contributed by atoms with Gasteiger partial charge in [-0.2, -0.15) is 0 Å². The Bertz CT molecular complexity index is 499. The van der Waals surface area contributed by atoms with Gasteiger partial charge in [-0.25, -0.2) is 4.79 Å². The third-order valence-electron chi connectivity index (χ3n) is 2.38. The molecule has 3 amide bonds. The first-order valence-corrected chi connectivity index (χ1v) is 5.30. The fourth-order valence-electron chi connectivity index (χ4n) is 1.41. The average Bonchev–Trinajstić information content (AvgIpc) is 2.37. The van der Waals surface area contributed by atoms with Crippen molar-refractivity contribution in [2.75, 3.05) is 7.05 Å². The molecule has 0 bridgehead atoms. The van der Waals surface area contributed by atoms with Crippen molar-refractivity contribution in [1.82, 2.24) is 10.6 Å². The molecule has 0 heterocycles. The highest BCUT2D eigenvalue weighted by atomic mass is 16.6. The fraction of sp³-hybridized carbons (Fsp3) is 0.273. The molecule has 0 atom stereocenters. The van der Waals surface area contributed by atoms with Gasteiger partial charge < -0.3 is 5.32 Å². The van der Waals surface area contributed by atoms with E-state index >= 15 is 0 Å². The number of imide groups is 1. The summed E-state index contributed by atoms with van der Waals surface area (Å²) in [7, 11) is 1.37. The molecule has 1 rings (SSSR count). The number of hydrogen-bond acceptors (Lipinski definition) is 4. The maximum atomic E-state index is 11.6. The Labute approximate surface area is 103 Å². The van der Waals surface area contributed by atoms with Gasteiger partial charge >= 0.3 is 6.03 Å². The van der Waals surface area contributed by atoms with Gasteiger partial charge in [-0.05, 0) is 12.5 Å². The van der Waals surface area contributed by atoms with Crippen molar-refractivity contribution >= 4 is 17.6 Å². The predicted molar refractivity (Wildman–Crippen MR) is 64.4 cm³/mol. The Hall–Kier alpha value is -2.44. The van der Waals surface area contributed by atoms with Crippen LogP contribution < -0.4 is 10.6 Å². The summed E-state index contributed by atoms with van der Waals surface area (Å²) >= 11 is 0. The van der Waals surface area contributed by atoms with E-state index in [9.17, 15) is 19.7 Å². The maximum absolute atomic E-state index is 11.6. The van der Waals surface area contributed by atoms with Gasteiger partial charge in [-0.3, -0.25) is 20.2 Å². The third kappa shape index (κ3) is 3.03. The highest BCUT2D eigenvalue weighted by Crippen LogP contribution is 2.20. The SMILES string of the molecule is CCc1ccc(C(=O)NC(=O)NC)cc1[N+](=O)[O-]. The highest BCUT2D eigenvalue weighted by molar-refractivity contribution is 6.04. The molecule has 96 valence electrons. The zero-order valence-corrected chi connectivity index (χ0v) is 10.0. The fourth-order valence-corrected chi connectivity index (χ4v) is 1.41. The lowest BCUT2D eigenvalue weighted by atomic mass is 10.1. The first-order chi connectivity index (χ1) is 8.49. The van der Waals surface area contributed by atoms with Crippen LogP contribution in [-0.2, 0) is 6.42 Å². The van der Waals surface area contributed by atoms with E-state index in [0.717, 1.165) is 6.07 Å². The summed E-state index contributed by atoms with van der Waals surface area (Å²) in [6.07, 6.45) is 0.494. The minimum Gasteiger partial charge on any atom is -0.341 e. The van der Waals surface area contributed by atoms with Crippen LogP contribution >= 0.6 is 0 Å². The smallest absolute Gasteiger partial charge is 0.321 e. The van der Waals surface area contributed by atoms with E-state index in [1.54, 1.807) is 6.92 Å². The number of carbonyl (C=O) groups excluding carboxylic acids is 2. The molecule has 0 saturated carbocycles. The van der Waals surface area contributed by atoms with Crippen molar-refractivity contribution in [2.24, 2.45) is 0 Å². The van der Waals surface area contributed by atoms with E-state index in [1.165, 1.54) is 19.2 Å². The molecule has 0 aromatic heterocycles. The van der Waals surface area contributed by atoms with Crippen LogP contribution in [0.5, 0.6) is 0 Å². The summed E-state index contributed by atoms with van der Waals surface area (Å²) in [5.74, 6) is -0.680. The Morgan fingerprint density at radius 2 is 2.06 bits per heavy atom. The van der Waals surface area contributed by atoms with Crippen molar-refractivity contribution in [3.8, 4) is 0 Å². The number of benzene rings is 1. The minimum absolute atomic E-state index is 0.0718. The molecule has 1 aromatic rings. The molecule has 0 aliphatic carbocycles. The third-order valence-corrected chi connectivity index (χ3v) is 2.38.